The molecule has 0 spiro atoms. The van der Waals surface area contributed by atoms with Crippen molar-refractivity contribution >= 4 is 0 Å². The zero-order valence-electron chi connectivity index (χ0n) is 12.3. The molecule has 1 rings (SSSR count). The van der Waals surface area contributed by atoms with Crippen LogP contribution in [-0.4, -0.2) is 55.1 Å². The summed E-state index contributed by atoms with van der Waals surface area (Å²) in [6, 6.07) is 4.02. The zero-order chi connectivity index (χ0) is 14.4. The molecule has 4 heteroatoms. The van der Waals surface area contributed by atoms with Crippen LogP contribution in [0.2, 0.25) is 0 Å². The average Bonchev–Trinajstić information content (AvgIpc) is 2.40. The number of hydrogen-bond donors (Lipinski definition) is 2. The number of hydrogen-bond acceptors (Lipinski definition) is 4. The van der Waals surface area contributed by atoms with E-state index in [1.54, 1.807) is 7.11 Å². The molecule has 0 atom stereocenters. The molecule has 0 saturated heterocycles. The van der Waals surface area contributed by atoms with Gasteiger partial charge in [-0.2, -0.15) is 0 Å². The van der Waals surface area contributed by atoms with Crippen LogP contribution < -0.4 is 4.74 Å². The first-order chi connectivity index (χ1) is 9.03. The first-order valence-corrected chi connectivity index (χ1v) is 6.59. The number of methoxy groups -OCH3 is 1. The van der Waals surface area contributed by atoms with Crippen molar-refractivity contribution in [1.82, 2.24) is 4.90 Å². The smallest absolute Gasteiger partial charge is 0.122 e. The van der Waals surface area contributed by atoms with E-state index < -0.39 is 0 Å². The number of aliphatic hydroxyl groups excluding tert-OH is 2. The van der Waals surface area contributed by atoms with E-state index in [1.807, 2.05) is 18.9 Å². The Labute approximate surface area is 115 Å². The second kappa shape index (κ2) is 7.48. The molecule has 0 radical (unpaired) electrons. The van der Waals surface area contributed by atoms with E-state index in [0.29, 0.717) is 0 Å². The highest BCUT2D eigenvalue weighted by molar-refractivity contribution is 5.41. The van der Waals surface area contributed by atoms with Crippen LogP contribution in [0.3, 0.4) is 0 Å². The largest absolute Gasteiger partial charge is 0.496 e. The molecule has 4 nitrogen and oxygen atoms in total. The lowest BCUT2D eigenvalue weighted by Gasteiger charge is -2.25. The summed E-state index contributed by atoms with van der Waals surface area (Å²) in [5, 5.41) is 18.3. The third kappa shape index (κ3) is 4.20. The number of aryl methyl sites for hydroxylation is 2. The summed E-state index contributed by atoms with van der Waals surface area (Å²) in [4.78, 5) is 1.99. The predicted octanol–water partition coefficient (Wildman–Crippen LogP) is 1.14. The van der Waals surface area contributed by atoms with Crippen LogP contribution >= 0.6 is 0 Å². The molecule has 0 aliphatic carbocycles. The van der Waals surface area contributed by atoms with E-state index in [1.165, 1.54) is 11.1 Å². The van der Waals surface area contributed by atoms with Gasteiger partial charge in [-0.3, -0.25) is 4.90 Å². The Morgan fingerprint density at radius 1 is 1.16 bits per heavy atom. The summed E-state index contributed by atoms with van der Waals surface area (Å²) >= 11 is 0. The molecule has 0 unspecified atom stereocenters. The fourth-order valence-corrected chi connectivity index (χ4v) is 2.15. The predicted molar refractivity (Wildman–Crippen MR) is 76.8 cm³/mol. The van der Waals surface area contributed by atoms with Crippen molar-refractivity contribution in [3.8, 4) is 5.75 Å². The molecule has 0 amide bonds. The number of ether oxygens (including phenoxy) is 1. The summed E-state index contributed by atoms with van der Waals surface area (Å²) in [5.74, 6) is 0.915. The molecule has 1 aromatic carbocycles. The van der Waals surface area contributed by atoms with Crippen LogP contribution in [0.1, 0.15) is 16.7 Å². The molecule has 108 valence electrons. The van der Waals surface area contributed by atoms with E-state index >= 15 is 0 Å². The van der Waals surface area contributed by atoms with E-state index in [0.717, 1.165) is 24.3 Å². The van der Waals surface area contributed by atoms with Gasteiger partial charge in [-0.25, -0.2) is 0 Å². The normalized spacial score (nSPS) is 11.4. The molecule has 0 heterocycles. The van der Waals surface area contributed by atoms with Crippen molar-refractivity contribution in [3.05, 3.63) is 28.8 Å². The Morgan fingerprint density at radius 3 is 2.32 bits per heavy atom. The highest BCUT2D eigenvalue weighted by Crippen LogP contribution is 2.22. The zero-order valence-corrected chi connectivity index (χ0v) is 12.3. The van der Waals surface area contributed by atoms with Gasteiger partial charge in [0, 0.05) is 6.54 Å². The van der Waals surface area contributed by atoms with Crippen molar-refractivity contribution in [3.63, 3.8) is 0 Å². The summed E-state index contributed by atoms with van der Waals surface area (Å²) in [6.45, 7) is 4.88. The molecule has 0 aliphatic rings. The van der Waals surface area contributed by atoms with Crippen LogP contribution in [0.4, 0.5) is 0 Å². The monoisotopic (exact) mass is 267 g/mol. The lowest BCUT2D eigenvalue weighted by molar-refractivity contribution is 0.0925. The van der Waals surface area contributed by atoms with Crippen LogP contribution in [0.15, 0.2) is 12.1 Å². The standard InChI is InChI=1S/C15H25NO3/c1-11-8-15(19-4)12(2)7-13(11)5-6-16(3)14(9-17)10-18/h7-8,14,17-18H,5-6,9-10H2,1-4H3. The number of nitrogens with zero attached hydrogens (tertiary/aromatic N) is 1. The minimum absolute atomic E-state index is 0.0202. The molecule has 0 saturated carbocycles. The highest BCUT2D eigenvalue weighted by Gasteiger charge is 2.13. The van der Waals surface area contributed by atoms with Crippen LogP contribution in [0.5, 0.6) is 5.75 Å². The fraction of sp³-hybridized carbons (Fsp3) is 0.600. The van der Waals surface area contributed by atoms with Crippen molar-refractivity contribution in [2.75, 3.05) is 33.9 Å². The molecule has 0 bridgehead atoms. The Kier molecular flexibility index (Phi) is 6.28. The van der Waals surface area contributed by atoms with Crippen molar-refractivity contribution < 1.29 is 14.9 Å². The third-order valence-corrected chi connectivity index (χ3v) is 3.63. The van der Waals surface area contributed by atoms with E-state index in [-0.39, 0.29) is 19.3 Å². The van der Waals surface area contributed by atoms with E-state index in [9.17, 15) is 0 Å². The van der Waals surface area contributed by atoms with Crippen molar-refractivity contribution in [2.24, 2.45) is 0 Å². The molecule has 0 aliphatic heterocycles. The second-order valence-electron chi connectivity index (χ2n) is 5.00. The number of benzene rings is 1. The van der Waals surface area contributed by atoms with Gasteiger partial charge in [0.25, 0.3) is 0 Å². The topological polar surface area (TPSA) is 52.9 Å². The minimum atomic E-state index is -0.181. The van der Waals surface area contributed by atoms with Gasteiger partial charge in [-0.1, -0.05) is 6.07 Å². The number of likely N-dealkylation sites (N-methyl/N-ethyl adjacent to an activating group) is 1. The van der Waals surface area contributed by atoms with Crippen LogP contribution in [0.25, 0.3) is 0 Å². The molecule has 0 aromatic heterocycles. The maximum Gasteiger partial charge on any atom is 0.122 e. The van der Waals surface area contributed by atoms with Gasteiger partial charge >= 0.3 is 0 Å². The Balaban J connectivity index is 2.70. The van der Waals surface area contributed by atoms with Gasteiger partial charge in [0.1, 0.15) is 5.75 Å². The fourth-order valence-electron chi connectivity index (χ4n) is 2.15. The molecule has 0 fully saturated rings. The SMILES string of the molecule is COc1cc(C)c(CCN(C)C(CO)CO)cc1C. The van der Waals surface area contributed by atoms with Gasteiger partial charge in [-0.15, -0.1) is 0 Å². The molecule has 1 aromatic rings. The highest BCUT2D eigenvalue weighted by atomic mass is 16.5. The molecular formula is C15H25NO3. The first-order valence-electron chi connectivity index (χ1n) is 6.59. The number of rotatable bonds is 7. The molecule has 19 heavy (non-hydrogen) atoms. The third-order valence-electron chi connectivity index (χ3n) is 3.63. The lowest BCUT2D eigenvalue weighted by Crippen LogP contribution is -2.38. The van der Waals surface area contributed by atoms with Crippen molar-refractivity contribution in [1.29, 1.82) is 0 Å². The van der Waals surface area contributed by atoms with Gasteiger partial charge in [0.2, 0.25) is 0 Å². The van der Waals surface area contributed by atoms with Gasteiger partial charge in [-0.05, 0) is 50.1 Å². The van der Waals surface area contributed by atoms with Crippen LogP contribution in [-0.2, 0) is 6.42 Å². The quantitative estimate of drug-likeness (QED) is 0.778. The van der Waals surface area contributed by atoms with E-state index in [4.69, 9.17) is 14.9 Å². The molecule has 2 N–H and O–H groups in total. The summed E-state index contributed by atoms with van der Waals surface area (Å²) in [5.41, 5.74) is 3.62. The average molecular weight is 267 g/mol. The summed E-state index contributed by atoms with van der Waals surface area (Å²) in [6.07, 6.45) is 0.893. The molecular weight excluding hydrogens is 242 g/mol. The Morgan fingerprint density at radius 2 is 1.79 bits per heavy atom. The summed E-state index contributed by atoms with van der Waals surface area (Å²) < 4.78 is 5.30. The maximum atomic E-state index is 9.14. The minimum Gasteiger partial charge on any atom is -0.496 e. The number of aliphatic hydroxyl groups is 2. The maximum absolute atomic E-state index is 9.14. The summed E-state index contributed by atoms with van der Waals surface area (Å²) in [7, 11) is 3.60. The second-order valence-corrected chi connectivity index (χ2v) is 5.00. The van der Waals surface area contributed by atoms with E-state index in [2.05, 4.69) is 19.1 Å². The van der Waals surface area contributed by atoms with Crippen LogP contribution in [0, 0.1) is 13.8 Å². The van der Waals surface area contributed by atoms with Gasteiger partial charge < -0.3 is 14.9 Å². The van der Waals surface area contributed by atoms with Gasteiger partial charge in [0.05, 0.1) is 26.4 Å². The Bertz CT molecular complexity index is 403. The Hall–Kier alpha value is -1.10. The first kappa shape index (κ1) is 16.0. The lowest BCUT2D eigenvalue weighted by atomic mass is 10.0. The van der Waals surface area contributed by atoms with Crippen molar-refractivity contribution in [2.45, 2.75) is 26.3 Å². The van der Waals surface area contributed by atoms with Gasteiger partial charge in [0.15, 0.2) is 0 Å².